The van der Waals surface area contributed by atoms with Crippen molar-refractivity contribution in [3.8, 4) is 6.07 Å². The van der Waals surface area contributed by atoms with Gasteiger partial charge in [0.05, 0.1) is 17.5 Å². The molecule has 3 aromatic rings. The summed E-state index contributed by atoms with van der Waals surface area (Å²) in [4.78, 5) is 13.8. The summed E-state index contributed by atoms with van der Waals surface area (Å²) in [6, 6.07) is 7.67. The van der Waals surface area contributed by atoms with Gasteiger partial charge in [-0.1, -0.05) is 0 Å². The van der Waals surface area contributed by atoms with E-state index in [0.29, 0.717) is 54.5 Å². The lowest BCUT2D eigenvalue weighted by Crippen LogP contribution is -2.59. The summed E-state index contributed by atoms with van der Waals surface area (Å²) < 4.78 is 29.5. The zero-order chi connectivity index (χ0) is 24.2. The zero-order valence-corrected chi connectivity index (χ0v) is 20.0. The minimum atomic E-state index is -3.54. The van der Waals surface area contributed by atoms with Gasteiger partial charge < -0.3 is 10.6 Å². The number of H-pyrrole nitrogens is 1. The van der Waals surface area contributed by atoms with Gasteiger partial charge in [-0.25, -0.2) is 4.98 Å². The van der Waals surface area contributed by atoms with E-state index in [9.17, 15) is 8.42 Å². The number of aromatic nitrogens is 5. The lowest BCUT2D eigenvalue weighted by atomic mass is 10.00. The Morgan fingerprint density at radius 3 is 2.66 bits per heavy atom. The zero-order valence-electron chi connectivity index (χ0n) is 19.2. The van der Waals surface area contributed by atoms with Crippen LogP contribution in [0.2, 0.25) is 0 Å². The van der Waals surface area contributed by atoms with Crippen molar-refractivity contribution in [1.82, 2.24) is 33.8 Å². The van der Waals surface area contributed by atoms with Crippen LogP contribution in [0.25, 0.3) is 11.0 Å². The number of aryl methyl sites for hydroxylation is 1. The molecular formula is C22H26N10O2S. The molecule has 6 rings (SSSR count). The third-order valence-corrected chi connectivity index (χ3v) is 9.11. The van der Waals surface area contributed by atoms with Crippen LogP contribution in [0.3, 0.4) is 0 Å². The number of anilines is 3. The number of aromatic amines is 1. The predicted molar refractivity (Wildman–Crippen MR) is 129 cm³/mol. The Morgan fingerprint density at radius 1 is 1.20 bits per heavy atom. The van der Waals surface area contributed by atoms with Gasteiger partial charge in [0.1, 0.15) is 5.52 Å². The molecule has 3 aromatic heterocycles. The first-order chi connectivity index (χ1) is 16.9. The Kier molecular flexibility index (Phi) is 5.32. The van der Waals surface area contributed by atoms with Crippen LogP contribution >= 0.6 is 0 Å². The van der Waals surface area contributed by atoms with Crippen molar-refractivity contribution in [3.63, 3.8) is 0 Å². The number of piperidine rings is 1. The quantitative estimate of drug-likeness (QED) is 0.466. The highest BCUT2D eigenvalue weighted by molar-refractivity contribution is 7.86. The summed E-state index contributed by atoms with van der Waals surface area (Å²) in [5, 5.41) is 22.8. The van der Waals surface area contributed by atoms with Gasteiger partial charge in [0.15, 0.2) is 11.6 Å². The molecule has 0 saturated carbocycles. The lowest BCUT2D eigenvalue weighted by molar-refractivity contribution is 0.182. The van der Waals surface area contributed by atoms with Gasteiger partial charge >= 0.3 is 0 Å². The number of nitriles is 1. The van der Waals surface area contributed by atoms with E-state index in [-0.39, 0.29) is 24.0 Å². The molecule has 0 unspecified atom stereocenters. The largest absolute Gasteiger partial charge is 0.351 e. The van der Waals surface area contributed by atoms with Crippen LogP contribution in [0, 0.1) is 24.2 Å². The topological polar surface area (TPSA) is 156 Å². The molecule has 12 nitrogen and oxygen atoms in total. The molecule has 0 aliphatic carbocycles. The summed E-state index contributed by atoms with van der Waals surface area (Å²) in [6.45, 7) is 2.51. The fourth-order valence-corrected chi connectivity index (χ4v) is 7.51. The minimum absolute atomic E-state index is 0.0526. The van der Waals surface area contributed by atoms with E-state index in [1.54, 1.807) is 10.5 Å². The Morgan fingerprint density at radius 2 is 1.97 bits per heavy atom. The highest BCUT2D eigenvalue weighted by Gasteiger charge is 2.51. The number of nitrogens with one attached hydrogen (secondary N) is 3. The molecule has 3 N–H and O–H groups in total. The molecular weight excluding hydrogens is 468 g/mol. The van der Waals surface area contributed by atoms with Crippen molar-refractivity contribution < 1.29 is 8.42 Å². The average molecular weight is 495 g/mol. The summed E-state index contributed by atoms with van der Waals surface area (Å²) in [5.41, 5.74) is 2.27. The lowest BCUT2D eigenvalue weighted by Gasteiger charge is -2.43. The van der Waals surface area contributed by atoms with E-state index in [1.807, 2.05) is 25.1 Å². The maximum atomic E-state index is 13.2. The second-order valence-corrected chi connectivity index (χ2v) is 11.3. The molecule has 0 radical (unpaired) electrons. The molecule has 0 aromatic carbocycles. The van der Waals surface area contributed by atoms with Crippen LogP contribution in [0.5, 0.6) is 0 Å². The molecule has 6 heterocycles. The number of hydrogen-bond donors (Lipinski definition) is 3. The highest BCUT2D eigenvalue weighted by Crippen LogP contribution is 2.40. The normalized spacial score (nSPS) is 25.3. The number of fused-ring (bicyclic) bond motifs is 3. The summed E-state index contributed by atoms with van der Waals surface area (Å²) in [6.07, 6.45) is 4.74. The molecule has 0 amide bonds. The molecule has 3 aliphatic heterocycles. The molecule has 3 fully saturated rings. The number of nitrogens with zero attached hydrogens (tertiary/aromatic N) is 7. The third kappa shape index (κ3) is 3.97. The Labute approximate surface area is 202 Å². The first-order valence-corrected chi connectivity index (χ1v) is 13.2. The summed E-state index contributed by atoms with van der Waals surface area (Å²) in [7, 11) is -3.54. The van der Waals surface area contributed by atoms with Crippen LogP contribution in [-0.2, 0) is 10.2 Å². The Balaban J connectivity index is 1.21. The predicted octanol–water partition coefficient (Wildman–Crippen LogP) is 1.91. The SMILES string of the molecule is Cc1cc(Nc2nc(N[C@@H]3C[C@H]4CC[C@@H](C3)N4S(=O)(=O)N3CC(C#N)C3)nc3cccnc23)n[nH]1. The highest BCUT2D eigenvalue weighted by atomic mass is 32.2. The van der Waals surface area contributed by atoms with Crippen molar-refractivity contribution in [2.75, 3.05) is 23.7 Å². The maximum absolute atomic E-state index is 13.2. The first-order valence-electron chi connectivity index (χ1n) is 11.8. The van der Waals surface area contributed by atoms with Gasteiger partial charge in [-0.05, 0) is 44.7 Å². The molecule has 182 valence electrons. The molecule has 2 bridgehead atoms. The van der Waals surface area contributed by atoms with Crippen molar-refractivity contribution in [3.05, 3.63) is 30.1 Å². The fraction of sp³-hybridized carbons (Fsp3) is 0.500. The first kappa shape index (κ1) is 22.1. The van der Waals surface area contributed by atoms with Crippen LogP contribution in [0.15, 0.2) is 24.4 Å². The maximum Gasteiger partial charge on any atom is 0.282 e. The van der Waals surface area contributed by atoms with Crippen LogP contribution in [0.4, 0.5) is 17.6 Å². The molecule has 0 spiro atoms. The van der Waals surface area contributed by atoms with Crippen molar-refractivity contribution in [2.24, 2.45) is 5.92 Å². The van der Waals surface area contributed by atoms with Crippen LogP contribution in [0.1, 0.15) is 31.4 Å². The summed E-state index contributed by atoms with van der Waals surface area (Å²) >= 11 is 0. The molecule has 3 atom stereocenters. The number of pyridine rings is 1. The van der Waals surface area contributed by atoms with Gasteiger partial charge in [0.25, 0.3) is 10.2 Å². The Bertz CT molecular complexity index is 1400. The van der Waals surface area contributed by atoms with Gasteiger partial charge in [-0.2, -0.15) is 32.4 Å². The number of hydrogen-bond acceptors (Lipinski definition) is 9. The molecule has 13 heteroatoms. The minimum Gasteiger partial charge on any atom is -0.351 e. The number of rotatable bonds is 6. The van der Waals surface area contributed by atoms with Crippen LogP contribution < -0.4 is 10.6 Å². The fourth-order valence-electron chi connectivity index (χ4n) is 5.38. The van der Waals surface area contributed by atoms with E-state index in [1.165, 1.54) is 4.31 Å². The third-order valence-electron chi connectivity index (χ3n) is 7.03. The van der Waals surface area contributed by atoms with Gasteiger partial charge in [-0.3, -0.25) is 10.1 Å². The second kappa shape index (κ2) is 8.40. The second-order valence-electron chi connectivity index (χ2n) is 9.51. The van der Waals surface area contributed by atoms with E-state index in [4.69, 9.17) is 5.26 Å². The van der Waals surface area contributed by atoms with Gasteiger partial charge in [0, 0.05) is 49.2 Å². The van der Waals surface area contributed by atoms with E-state index in [0.717, 1.165) is 18.5 Å². The van der Waals surface area contributed by atoms with Crippen molar-refractivity contribution in [1.29, 1.82) is 5.26 Å². The van der Waals surface area contributed by atoms with Gasteiger partial charge in [-0.15, -0.1) is 0 Å². The average Bonchev–Trinajstić information content (AvgIpc) is 3.33. The Hall–Kier alpha value is -3.34. The smallest absolute Gasteiger partial charge is 0.282 e. The van der Waals surface area contributed by atoms with E-state index < -0.39 is 10.2 Å². The molecule has 3 aliphatic rings. The standard InChI is InChI=1S/C22H26N10O2S/c1-13-7-19(30-29-13)27-21-20-18(3-2-6-24-20)26-22(28-21)25-15-8-16-4-5-17(9-15)32(16)35(33,34)31-11-14(10-23)12-31/h2-3,6-7,14-17H,4-5,8-9,11-12H2,1H3,(H3,25,26,27,28,29,30)/t15-,16-,17+. The molecule has 3 saturated heterocycles. The van der Waals surface area contributed by atoms with Gasteiger partial charge in [0.2, 0.25) is 5.95 Å². The van der Waals surface area contributed by atoms with E-state index >= 15 is 0 Å². The monoisotopic (exact) mass is 494 g/mol. The van der Waals surface area contributed by atoms with E-state index in [2.05, 4.69) is 41.9 Å². The van der Waals surface area contributed by atoms with Crippen molar-refractivity contribution >= 4 is 38.8 Å². The van der Waals surface area contributed by atoms with Crippen LogP contribution in [-0.4, -0.2) is 73.4 Å². The van der Waals surface area contributed by atoms with Crippen molar-refractivity contribution in [2.45, 2.75) is 50.7 Å². The summed E-state index contributed by atoms with van der Waals surface area (Å²) in [5.74, 6) is 1.47. The molecule has 35 heavy (non-hydrogen) atoms.